The van der Waals surface area contributed by atoms with Gasteiger partial charge in [0.15, 0.2) is 0 Å². The van der Waals surface area contributed by atoms with Crippen LogP contribution in [0.15, 0.2) is 47.4 Å². The summed E-state index contributed by atoms with van der Waals surface area (Å²) in [4.78, 5) is 11.9. The second kappa shape index (κ2) is 8.15. The molecule has 33 heavy (non-hydrogen) atoms. The number of aryl methyl sites for hydroxylation is 1. The molecule has 5 nitrogen and oxygen atoms in total. The molecule has 0 bridgehead atoms. The lowest BCUT2D eigenvalue weighted by molar-refractivity contribution is -0.154. The van der Waals surface area contributed by atoms with Gasteiger partial charge in [-0.1, -0.05) is 31.2 Å². The Labute approximate surface area is 196 Å². The van der Waals surface area contributed by atoms with Gasteiger partial charge >= 0.3 is 16.1 Å². The zero-order chi connectivity index (χ0) is 23.4. The molecule has 0 aliphatic heterocycles. The number of hydrogen-bond acceptors (Lipinski definition) is 5. The van der Waals surface area contributed by atoms with Crippen molar-refractivity contribution < 1.29 is 22.1 Å². The maximum Gasteiger partial charge on any atom is 0.339 e. The van der Waals surface area contributed by atoms with Crippen LogP contribution in [0.3, 0.4) is 0 Å². The molecule has 0 amide bonds. The molecule has 2 fully saturated rings. The van der Waals surface area contributed by atoms with Gasteiger partial charge in [-0.2, -0.15) is 8.42 Å². The summed E-state index contributed by atoms with van der Waals surface area (Å²) in [5.41, 5.74) is 3.52. The standard InChI is InChI=1S/C27H32O5S/c1-17-9-13-24(32-33(29,30)19-7-5-4-6-8-19)26-20(17)10-11-21-22(26)15-16-27(3)23(21)12-14-25(27)31-18(2)28/h4-9,13,21-23,25H,10-12,14-16H2,1-3H3/t21-,22+,23+,25?,27+/m1/s1. The molecule has 3 aliphatic rings. The van der Waals surface area contributed by atoms with Crippen molar-refractivity contribution in [1.29, 1.82) is 0 Å². The fourth-order valence-electron chi connectivity index (χ4n) is 7.02. The van der Waals surface area contributed by atoms with Crippen molar-refractivity contribution in [3.05, 3.63) is 59.2 Å². The molecule has 2 aromatic carbocycles. The van der Waals surface area contributed by atoms with E-state index < -0.39 is 10.1 Å². The average molecular weight is 469 g/mol. The van der Waals surface area contributed by atoms with Crippen LogP contribution in [0.1, 0.15) is 68.6 Å². The van der Waals surface area contributed by atoms with E-state index in [0.29, 0.717) is 17.6 Å². The molecule has 1 unspecified atom stereocenters. The average Bonchev–Trinajstić information content (AvgIpc) is 3.11. The van der Waals surface area contributed by atoms with Crippen LogP contribution in [-0.4, -0.2) is 20.5 Å². The highest BCUT2D eigenvalue weighted by atomic mass is 32.2. The third kappa shape index (κ3) is 3.76. The second-order valence-electron chi connectivity index (χ2n) is 10.3. The zero-order valence-electron chi connectivity index (χ0n) is 19.5. The molecule has 0 saturated heterocycles. The maximum atomic E-state index is 13.0. The van der Waals surface area contributed by atoms with E-state index in [9.17, 15) is 13.2 Å². The van der Waals surface area contributed by atoms with Crippen LogP contribution in [0, 0.1) is 24.2 Å². The first kappa shape index (κ1) is 22.5. The summed E-state index contributed by atoms with van der Waals surface area (Å²) in [7, 11) is -3.91. The van der Waals surface area contributed by atoms with Gasteiger partial charge < -0.3 is 8.92 Å². The van der Waals surface area contributed by atoms with Crippen LogP contribution >= 0.6 is 0 Å². The second-order valence-corrected chi connectivity index (χ2v) is 11.8. The maximum absolute atomic E-state index is 13.0. The SMILES string of the molecule is CC(=O)OC1CC[C@H]2[C@@H]3CCc4c(C)ccc(OS(=O)(=O)c5ccccc5)c4[C@H]3CC[C@]12C. The third-order valence-corrected chi connectivity index (χ3v) is 9.79. The number of rotatable bonds is 4. The Balaban J connectivity index is 1.50. The van der Waals surface area contributed by atoms with Gasteiger partial charge in [0.05, 0.1) is 0 Å². The molecule has 0 heterocycles. The Bertz CT molecular complexity index is 1170. The van der Waals surface area contributed by atoms with Gasteiger partial charge in [-0.15, -0.1) is 0 Å². The normalized spacial score (nSPS) is 30.6. The lowest BCUT2D eigenvalue weighted by Gasteiger charge is -2.50. The summed E-state index contributed by atoms with van der Waals surface area (Å²) in [6.45, 7) is 5.89. The van der Waals surface area contributed by atoms with Crippen LogP contribution in [0.25, 0.3) is 0 Å². The summed E-state index contributed by atoms with van der Waals surface area (Å²) in [6.07, 6.45) is 5.87. The zero-order valence-corrected chi connectivity index (χ0v) is 20.4. The number of carbonyl (C=O) groups is 1. The van der Waals surface area contributed by atoms with Crippen molar-refractivity contribution in [2.75, 3.05) is 0 Å². The number of fused-ring (bicyclic) bond motifs is 5. The Morgan fingerprint density at radius 2 is 1.79 bits per heavy atom. The molecule has 0 radical (unpaired) electrons. The summed E-state index contributed by atoms with van der Waals surface area (Å²) in [5, 5.41) is 0. The van der Waals surface area contributed by atoms with Gasteiger partial charge in [0, 0.05) is 17.9 Å². The first-order valence-corrected chi connectivity index (χ1v) is 13.4. The number of carbonyl (C=O) groups excluding carboxylic acids is 1. The predicted octanol–water partition coefficient (Wildman–Crippen LogP) is 5.55. The topological polar surface area (TPSA) is 69.7 Å². The van der Waals surface area contributed by atoms with E-state index >= 15 is 0 Å². The monoisotopic (exact) mass is 468 g/mol. The fourth-order valence-corrected chi connectivity index (χ4v) is 7.99. The Hall–Kier alpha value is -2.34. The van der Waals surface area contributed by atoms with Gasteiger partial charge in [0.25, 0.3) is 0 Å². The first-order chi connectivity index (χ1) is 15.7. The number of ether oxygens (including phenoxy) is 1. The minimum atomic E-state index is -3.91. The van der Waals surface area contributed by atoms with Crippen LogP contribution in [0.5, 0.6) is 5.75 Å². The van der Waals surface area contributed by atoms with Crippen molar-refractivity contribution in [1.82, 2.24) is 0 Å². The van der Waals surface area contributed by atoms with E-state index in [1.165, 1.54) is 18.1 Å². The van der Waals surface area contributed by atoms with E-state index in [-0.39, 0.29) is 28.3 Å². The largest absolute Gasteiger partial charge is 0.462 e. The fraction of sp³-hybridized carbons (Fsp3) is 0.519. The highest BCUT2D eigenvalue weighted by Gasteiger charge is 2.56. The first-order valence-electron chi connectivity index (χ1n) is 12.0. The highest BCUT2D eigenvalue weighted by Crippen LogP contribution is 2.62. The molecule has 0 spiro atoms. The van der Waals surface area contributed by atoms with Crippen molar-refractivity contribution in [3.8, 4) is 5.75 Å². The van der Waals surface area contributed by atoms with Crippen LogP contribution in [0.2, 0.25) is 0 Å². The van der Waals surface area contributed by atoms with Crippen molar-refractivity contribution in [2.45, 2.75) is 76.2 Å². The molecular weight excluding hydrogens is 436 g/mol. The van der Waals surface area contributed by atoms with Gasteiger partial charge in [0.1, 0.15) is 16.7 Å². The Morgan fingerprint density at radius 1 is 1.03 bits per heavy atom. The number of benzene rings is 2. The molecule has 3 aliphatic carbocycles. The van der Waals surface area contributed by atoms with E-state index in [0.717, 1.165) is 44.1 Å². The molecule has 2 saturated carbocycles. The lowest BCUT2D eigenvalue weighted by atomic mass is 9.55. The summed E-state index contributed by atoms with van der Waals surface area (Å²) >= 11 is 0. The minimum absolute atomic E-state index is 0.00863. The lowest BCUT2D eigenvalue weighted by Crippen LogP contribution is -2.45. The van der Waals surface area contributed by atoms with Gasteiger partial charge in [-0.3, -0.25) is 4.79 Å². The quantitative estimate of drug-likeness (QED) is 0.435. The van der Waals surface area contributed by atoms with Crippen molar-refractivity contribution >= 4 is 16.1 Å². The number of hydrogen-bond donors (Lipinski definition) is 0. The third-order valence-electron chi connectivity index (χ3n) is 8.54. The van der Waals surface area contributed by atoms with Crippen molar-refractivity contribution in [2.24, 2.45) is 17.3 Å². The molecule has 5 rings (SSSR count). The van der Waals surface area contributed by atoms with E-state index in [2.05, 4.69) is 13.8 Å². The van der Waals surface area contributed by atoms with Crippen LogP contribution < -0.4 is 4.18 Å². The summed E-state index contributed by atoms with van der Waals surface area (Å²) in [5.74, 6) is 1.46. The van der Waals surface area contributed by atoms with E-state index in [1.54, 1.807) is 30.3 Å². The molecule has 0 aromatic heterocycles. The smallest absolute Gasteiger partial charge is 0.339 e. The molecular formula is C27H32O5S. The summed E-state index contributed by atoms with van der Waals surface area (Å²) < 4.78 is 37.6. The minimum Gasteiger partial charge on any atom is -0.462 e. The van der Waals surface area contributed by atoms with E-state index in [1.807, 2.05) is 12.1 Å². The Kier molecular flexibility index (Phi) is 5.55. The molecule has 5 atom stereocenters. The molecule has 176 valence electrons. The highest BCUT2D eigenvalue weighted by molar-refractivity contribution is 7.87. The molecule has 0 N–H and O–H groups in total. The van der Waals surface area contributed by atoms with Crippen molar-refractivity contribution in [3.63, 3.8) is 0 Å². The van der Waals surface area contributed by atoms with Gasteiger partial charge in [0.2, 0.25) is 0 Å². The number of esters is 1. The molecule has 2 aromatic rings. The summed E-state index contributed by atoms with van der Waals surface area (Å²) in [6, 6.07) is 12.2. The van der Waals surface area contributed by atoms with Gasteiger partial charge in [-0.25, -0.2) is 0 Å². The Morgan fingerprint density at radius 3 is 2.52 bits per heavy atom. The predicted molar refractivity (Wildman–Crippen MR) is 126 cm³/mol. The van der Waals surface area contributed by atoms with Crippen LogP contribution in [0.4, 0.5) is 0 Å². The van der Waals surface area contributed by atoms with Crippen LogP contribution in [-0.2, 0) is 26.1 Å². The van der Waals surface area contributed by atoms with E-state index in [4.69, 9.17) is 8.92 Å². The van der Waals surface area contributed by atoms with Gasteiger partial charge in [-0.05, 0) is 92.5 Å². The molecule has 6 heteroatoms.